The largest absolute Gasteiger partial charge is 0.390 e. The van der Waals surface area contributed by atoms with Crippen LogP contribution in [0.4, 0.5) is 24.5 Å². The van der Waals surface area contributed by atoms with Crippen LogP contribution < -0.4 is 16.0 Å². The maximum atomic E-state index is 12.3. The number of hydrogen-bond acceptors (Lipinski definition) is 3. The predicted molar refractivity (Wildman–Crippen MR) is 73.2 cm³/mol. The van der Waals surface area contributed by atoms with E-state index in [9.17, 15) is 18.0 Å². The van der Waals surface area contributed by atoms with E-state index >= 15 is 0 Å². The Bertz CT molecular complexity index is 481. The first-order chi connectivity index (χ1) is 8.87. The van der Waals surface area contributed by atoms with Gasteiger partial charge in [-0.15, -0.1) is 12.4 Å². The molecule has 1 aliphatic rings. The number of para-hydroxylation sites is 2. The van der Waals surface area contributed by atoms with Gasteiger partial charge in [0.1, 0.15) is 6.04 Å². The van der Waals surface area contributed by atoms with E-state index in [1.165, 1.54) is 4.90 Å². The number of amides is 1. The quantitative estimate of drug-likeness (QED) is 0.880. The van der Waals surface area contributed by atoms with E-state index in [1.54, 1.807) is 24.3 Å². The number of fused-ring (bicyclic) bond motifs is 1. The lowest BCUT2D eigenvalue weighted by Gasteiger charge is -2.25. The highest BCUT2D eigenvalue weighted by Crippen LogP contribution is 2.30. The van der Waals surface area contributed by atoms with Crippen LogP contribution in [0.3, 0.4) is 0 Å². The van der Waals surface area contributed by atoms with Crippen molar-refractivity contribution in [3.05, 3.63) is 24.3 Å². The van der Waals surface area contributed by atoms with Crippen molar-refractivity contribution in [1.82, 2.24) is 0 Å². The average molecular weight is 310 g/mol. The van der Waals surface area contributed by atoms with Crippen LogP contribution in [0.1, 0.15) is 6.42 Å². The number of nitrogens with one attached hydrogen (secondary N) is 1. The molecule has 20 heavy (non-hydrogen) atoms. The number of anilines is 2. The third-order valence-electron chi connectivity index (χ3n) is 2.92. The standard InChI is InChI=1S/C12H14F3N3O.ClH/c13-12(14,15)5-6-18-7-8(16)11(19)17-9-3-1-2-4-10(9)18;/h1-4,8H,5-7,16H2,(H,17,19);1H/t8-;/m0./s1. The van der Waals surface area contributed by atoms with Crippen molar-refractivity contribution in [3.8, 4) is 0 Å². The number of alkyl halides is 3. The summed E-state index contributed by atoms with van der Waals surface area (Å²) in [5.41, 5.74) is 6.70. The molecule has 4 nitrogen and oxygen atoms in total. The van der Waals surface area contributed by atoms with Gasteiger partial charge in [0, 0.05) is 13.1 Å². The Labute approximate surface area is 120 Å². The fourth-order valence-corrected chi connectivity index (χ4v) is 1.97. The van der Waals surface area contributed by atoms with Crippen molar-refractivity contribution in [3.63, 3.8) is 0 Å². The van der Waals surface area contributed by atoms with Gasteiger partial charge in [-0.1, -0.05) is 12.1 Å². The zero-order valence-electron chi connectivity index (χ0n) is 10.5. The summed E-state index contributed by atoms with van der Waals surface area (Å²) in [6.45, 7) is -0.151. The molecule has 1 atom stereocenters. The van der Waals surface area contributed by atoms with Gasteiger partial charge >= 0.3 is 6.18 Å². The predicted octanol–water partition coefficient (Wildman–Crippen LogP) is 2.15. The molecule has 0 spiro atoms. The van der Waals surface area contributed by atoms with Crippen LogP contribution >= 0.6 is 12.4 Å². The number of benzene rings is 1. The zero-order chi connectivity index (χ0) is 14.0. The van der Waals surface area contributed by atoms with Crippen LogP contribution in [-0.4, -0.2) is 31.2 Å². The molecular formula is C12H15ClF3N3O. The van der Waals surface area contributed by atoms with Gasteiger partial charge in [-0.25, -0.2) is 0 Å². The maximum absolute atomic E-state index is 12.3. The van der Waals surface area contributed by atoms with E-state index in [4.69, 9.17) is 5.73 Å². The Morgan fingerprint density at radius 2 is 2.00 bits per heavy atom. The first-order valence-electron chi connectivity index (χ1n) is 5.84. The number of nitrogens with two attached hydrogens (primary N) is 1. The molecule has 0 fully saturated rings. The number of nitrogens with zero attached hydrogens (tertiary/aromatic N) is 1. The molecule has 2 rings (SSSR count). The fourth-order valence-electron chi connectivity index (χ4n) is 1.97. The van der Waals surface area contributed by atoms with Crippen LogP contribution in [0, 0.1) is 0 Å². The second kappa shape index (κ2) is 6.32. The molecule has 0 radical (unpaired) electrons. The van der Waals surface area contributed by atoms with Crippen molar-refractivity contribution in [2.75, 3.05) is 23.3 Å². The van der Waals surface area contributed by atoms with Crippen molar-refractivity contribution in [2.24, 2.45) is 5.73 Å². The second-order valence-corrected chi connectivity index (χ2v) is 4.42. The van der Waals surface area contributed by atoms with Gasteiger partial charge in [0.05, 0.1) is 17.8 Å². The molecule has 1 aliphatic heterocycles. The van der Waals surface area contributed by atoms with Crippen molar-refractivity contribution in [2.45, 2.75) is 18.6 Å². The molecular weight excluding hydrogens is 295 g/mol. The van der Waals surface area contributed by atoms with Gasteiger partial charge < -0.3 is 16.0 Å². The molecule has 112 valence electrons. The Morgan fingerprint density at radius 1 is 1.35 bits per heavy atom. The van der Waals surface area contributed by atoms with Crippen LogP contribution in [0.2, 0.25) is 0 Å². The van der Waals surface area contributed by atoms with Crippen LogP contribution in [0.15, 0.2) is 24.3 Å². The first-order valence-corrected chi connectivity index (χ1v) is 5.84. The molecule has 0 saturated heterocycles. The van der Waals surface area contributed by atoms with Crippen molar-refractivity contribution < 1.29 is 18.0 Å². The molecule has 1 amide bonds. The fraction of sp³-hybridized carbons (Fsp3) is 0.417. The van der Waals surface area contributed by atoms with E-state index in [2.05, 4.69) is 5.32 Å². The van der Waals surface area contributed by atoms with E-state index < -0.39 is 18.6 Å². The van der Waals surface area contributed by atoms with E-state index in [1.807, 2.05) is 0 Å². The van der Waals surface area contributed by atoms with Crippen LogP contribution in [0.5, 0.6) is 0 Å². The zero-order valence-corrected chi connectivity index (χ0v) is 11.3. The van der Waals surface area contributed by atoms with Gasteiger partial charge in [0.2, 0.25) is 5.91 Å². The second-order valence-electron chi connectivity index (χ2n) is 4.42. The topological polar surface area (TPSA) is 58.4 Å². The minimum Gasteiger partial charge on any atom is -0.367 e. The molecule has 3 N–H and O–H groups in total. The average Bonchev–Trinajstić information content (AvgIpc) is 2.44. The summed E-state index contributed by atoms with van der Waals surface area (Å²) in [5.74, 6) is -0.387. The Hall–Kier alpha value is -1.47. The highest BCUT2D eigenvalue weighted by Gasteiger charge is 2.31. The van der Waals surface area contributed by atoms with Gasteiger partial charge in [0.25, 0.3) is 0 Å². The summed E-state index contributed by atoms with van der Waals surface area (Å²) in [7, 11) is 0. The minimum absolute atomic E-state index is 0. The molecule has 1 heterocycles. The van der Waals surface area contributed by atoms with Gasteiger partial charge in [0.15, 0.2) is 0 Å². The number of carbonyl (C=O) groups excluding carboxylic acids is 1. The Balaban J connectivity index is 0.00000200. The lowest BCUT2D eigenvalue weighted by atomic mass is 10.2. The first kappa shape index (κ1) is 16.6. The summed E-state index contributed by atoms with van der Waals surface area (Å²) in [5, 5.41) is 2.61. The lowest BCUT2D eigenvalue weighted by Crippen LogP contribution is -2.43. The van der Waals surface area contributed by atoms with Gasteiger partial charge in [-0.2, -0.15) is 13.2 Å². The number of rotatable bonds is 2. The molecule has 0 unspecified atom stereocenters. The van der Waals surface area contributed by atoms with E-state index in [0.717, 1.165) is 0 Å². The van der Waals surface area contributed by atoms with Gasteiger partial charge in [-0.05, 0) is 12.1 Å². The molecule has 1 aromatic rings. The van der Waals surface area contributed by atoms with Crippen molar-refractivity contribution in [1.29, 1.82) is 0 Å². The molecule has 0 bridgehead atoms. The summed E-state index contributed by atoms with van der Waals surface area (Å²) < 4.78 is 37.0. The van der Waals surface area contributed by atoms with E-state index in [0.29, 0.717) is 11.4 Å². The highest BCUT2D eigenvalue weighted by atomic mass is 35.5. The number of carbonyl (C=O) groups is 1. The van der Waals surface area contributed by atoms with Crippen molar-refractivity contribution >= 4 is 29.7 Å². The number of hydrogen-bond donors (Lipinski definition) is 2. The third-order valence-corrected chi connectivity index (χ3v) is 2.92. The van der Waals surface area contributed by atoms with Gasteiger partial charge in [-0.3, -0.25) is 4.79 Å². The van der Waals surface area contributed by atoms with Crippen LogP contribution in [-0.2, 0) is 4.79 Å². The Morgan fingerprint density at radius 3 is 2.65 bits per heavy atom. The lowest BCUT2D eigenvalue weighted by molar-refractivity contribution is -0.132. The monoisotopic (exact) mass is 309 g/mol. The van der Waals surface area contributed by atoms with Crippen LogP contribution in [0.25, 0.3) is 0 Å². The highest BCUT2D eigenvalue weighted by molar-refractivity contribution is 5.99. The van der Waals surface area contributed by atoms with E-state index in [-0.39, 0.29) is 31.4 Å². The normalized spacial score (nSPS) is 18.7. The molecule has 0 aliphatic carbocycles. The minimum atomic E-state index is -4.23. The maximum Gasteiger partial charge on any atom is 0.390 e. The molecule has 0 saturated carbocycles. The number of halogens is 4. The summed E-state index contributed by atoms with van der Waals surface area (Å²) in [4.78, 5) is 13.1. The summed E-state index contributed by atoms with van der Waals surface area (Å²) >= 11 is 0. The SMILES string of the molecule is Cl.N[C@H]1CN(CCC(F)(F)F)c2ccccc2NC1=O. The molecule has 0 aromatic heterocycles. The molecule has 1 aromatic carbocycles. The molecule has 8 heteroatoms. The Kier molecular flexibility index (Phi) is 5.24. The summed E-state index contributed by atoms with van der Waals surface area (Å²) in [6.07, 6.45) is -5.18. The third kappa shape index (κ3) is 4.01. The smallest absolute Gasteiger partial charge is 0.367 e. The summed E-state index contributed by atoms with van der Waals surface area (Å²) in [6, 6.07) is 5.89.